The van der Waals surface area contributed by atoms with Gasteiger partial charge in [-0.2, -0.15) is 0 Å². The van der Waals surface area contributed by atoms with Gasteiger partial charge in [-0.05, 0) is 127 Å². The van der Waals surface area contributed by atoms with Crippen molar-refractivity contribution in [2.75, 3.05) is 0 Å². The Hall–Kier alpha value is -7.37. The Morgan fingerprint density at radius 3 is 1.68 bits per heavy atom. The van der Waals surface area contributed by atoms with E-state index >= 15 is 0 Å². The molecule has 0 fully saturated rings. The minimum absolute atomic E-state index is 0.627. The molecule has 6 aromatic carbocycles. The predicted octanol–water partition coefficient (Wildman–Crippen LogP) is 14.2. The molecule has 3 heterocycles. The fourth-order valence-electron chi connectivity index (χ4n) is 7.53. The number of ether oxygens (including phenoxy) is 1. The van der Waals surface area contributed by atoms with Crippen molar-refractivity contribution in [3.8, 4) is 73.2 Å². The molecule has 0 amide bonds. The Bertz CT molecular complexity index is 2940. The third-order valence-corrected chi connectivity index (χ3v) is 11.2. The van der Waals surface area contributed by atoms with Gasteiger partial charge in [0.1, 0.15) is 17.0 Å². The summed E-state index contributed by atoms with van der Waals surface area (Å²) >= 11 is 0. The highest BCUT2D eigenvalue weighted by Crippen LogP contribution is 2.37. The molecule has 0 unspecified atom stereocenters. The van der Waals surface area contributed by atoms with Crippen molar-refractivity contribution < 1.29 is 9.15 Å². The number of hydrogen-bond acceptors (Lipinski definition) is 5. The number of hydrogen-bond donors (Lipinski definition) is 0. The first kappa shape index (κ1) is 37.2. The third kappa shape index (κ3) is 7.35. The third-order valence-electron chi connectivity index (χ3n) is 11.2. The van der Waals surface area contributed by atoms with Gasteiger partial charge in [0, 0.05) is 28.5 Å². The lowest BCUT2D eigenvalue weighted by Crippen LogP contribution is -1.98. The summed E-state index contributed by atoms with van der Waals surface area (Å²) in [5.41, 5.74) is 19.4. The molecule has 0 saturated heterocycles. The molecule has 59 heavy (non-hydrogen) atoms. The van der Waals surface area contributed by atoms with Gasteiger partial charge in [0.2, 0.25) is 5.89 Å². The van der Waals surface area contributed by atoms with Crippen LogP contribution >= 0.6 is 0 Å². The second kappa shape index (κ2) is 15.5. The SMILES string of the molecule is C=C(Oc1c(C)ccc(C)c1C)c1ccc(-c2ccc(-c3nc(-c4ccccn4)ccc3-c3ccc(-c4ccc(-c5nc6c(C)ccc(C)c6o5)cc4)cc3)cc2)cc1. The molecule has 0 bridgehead atoms. The molecule has 0 N–H and O–H groups in total. The maximum atomic E-state index is 6.29. The van der Waals surface area contributed by atoms with Crippen LogP contribution in [0.1, 0.15) is 33.4 Å². The quantitative estimate of drug-likeness (QED) is 0.137. The minimum atomic E-state index is 0.627. The number of aryl methyl sites for hydroxylation is 4. The summed E-state index contributed by atoms with van der Waals surface area (Å²) in [5, 5.41) is 0. The monoisotopic (exact) mass is 765 g/mol. The highest BCUT2D eigenvalue weighted by molar-refractivity contribution is 5.85. The molecule has 0 radical (unpaired) electrons. The van der Waals surface area contributed by atoms with E-state index in [2.05, 4.69) is 180 Å². The van der Waals surface area contributed by atoms with Crippen molar-refractivity contribution in [2.45, 2.75) is 34.6 Å². The van der Waals surface area contributed by atoms with Crippen LogP contribution in [-0.4, -0.2) is 15.0 Å². The molecule has 286 valence electrons. The topological polar surface area (TPSA) is 61.0 Å². The number of nitrogens with zero attached hydrogens (tertiary/aromatic N) is 3. The summed E-state index contributed by atoms with van der Waals surface area (Å²) in [6, 6.07) is 52.6. The van der Waals surface area contributed by atoms with Crippen LogP contribution in [0.2, 0.25) is 0 Å². The summed E-state index contributed by atoms with van der Waals surface area (Å²) in [4.78, 5) is 14.6. The first-order valence-electron chi connectivity index (χ1n) is 19.9. The van der Waals surface area contributed by atoms with Gasteiger partial charge in [-0.25, -0.2) is 9.97 Å². The average Bonchev–Trinajstić information content (AvgIpc) is 3.75. The van der Waals surface area contributed by atoms with E-state index in [1.165, 1.54) is 5.56 Å². The number of oxazole rings is 1. The van der Waals surface area contributed by atoms with E-state index < -0.39 is 0 Å². The fourth-order valence-corrected chi connectivity index (χ4v) is 7.53. The van der Waals surface area contributed by atoms with Gasteiger partial charge in [0.25, 0.3) is 0 Å². The summed E-state index contributed by atoms with van der Waals surface area (Å²) in [7, 11) is 0. The van der Waals surface area contributed by atoms with Crippen molar-refractivity contribution in [1.82, 2.24) is 15.0 Å². The molecular formula is C54H43N3O2. The lowest BCUT2D eigenvalue weighted by Gasteiger charge is -2.16. The lowest BCUT2D eigenvalue weighted by atomic mass is 9.95. The van der Waals surface area contributed by atoms with Crippen LogP contribution in [0.25, 0.3) is 84.3 Å². The number of fused-ring (bicyclic) bond motifs is 1. The molecule has 0 atom stereocenters. The minimum Gasteiger partial charge on any atom is -0.457 e. The Balaban J connectivity index is 0.978. The van der Waals surface area contributed by atoms with Crippen LogP contribution in [0.5, 0.6) is 5.75 Å². The van der Waals surface area contributed by atoms with E-state index in [1.807, 2.05) is 18.2 Å². The zero-order valence-corrected chi connectivity index (χ0v) is 33.9. The zero-order chi connectivity index (χ0) is 40.6. The van der Waals surface area contributed by atoms with Crippen LogP contribution in [0.3, 0.4) is 0 Å². The standard InChI is InChI=1S/C54H43N3O2/c1-33-10-12-35(3)52(37(33)5)58-38(6)39-14-16-40(17-15-39)42-20-26-45(27-21-42)51-47(30-31-49(56-51)48-9-7-8-32-55-48)44-24-18-41(19-25-44)43-22-28-46(29-23-43)54-57-50-34(2)11-13-36(4)53(50)59-54/h7-32H,6H2,1-5H3. The molecule has 0 aliphatic heterocycles. The molecule has 9 rings (SSSR count). The first-order valence-corrected chi connectivity index (χ1v) is 19.9. The van der Waals surface area contributed by atoms with Gasteiger partial charge in [0.15, 0.2) is 5.58 Å². The summed E-state index contributed by atoms with van der Waals surface area (Å²) in [6.45, 7) is 14.6. The van der Waals surface area contributed by atoms with E-state index in [0.717, 1.165) is 106 Å². The zero-order valence-electron chi connectivity index (χ0n) is 33.9. The van der Waals surface area contributed by atoms with Crippen molar-refractivity contribution in [3.63, 3.8) is 0 Å². The van der Waals surface area contributed by atoms with Crippen LogP contribution in [0, 0.1) is 34.6 Å². The Labute approximate surface area is 345 Å². The van der Waals surface area contributed by atoms with Crippen molar-refractivity contribution in [3.05, 3.63) is 198 Å². The number of rotatable bonds is 9. The molecule has 5 nitrogen and oxygen atoms in total. The maximum Gasteiger partial charge on any atom is 0.227 e. The van der Waals surface area contributed by atoms with Gasteiger partial charge in [-0.1, -0.05) is 122 Å². The smallest absolute Gasteiger partial charge is 0.227 e. The van der Waals surface area contributed by atoms with Crippen LogP contribution < -0.4 is 4.74 Å². The van der Waals surface area contributed by atoms with Crippen molar-refractivity contribution in [2.24, 2.45) is 0 Å². The van der Waals surface area contributed by atoms with Crippen molar-refractivity contribution in [1.29, 1.82) is 0 Å². The summed E-state index contributed by atoms with van der Waals surface area (Å²) in [6.07, 6.45) is 1.80. The van der Waals surface area contributed by atoms with Gasteiger partial charge >= 0.3 is 0 Å². The van der Waals surface area contributed by atoms with Crippen molar-refractivity contribution >= 4 is 16.9 Å². The molecule has 0 aliphatic rings. The van der Waals surface area contributed by atoms with Crippen LogP contribution in [0.15, 0.2) is 169 Å². The van der Waals surface area contributed by atoms with E-state index in [9.17, 15) is 0 Å². The van der Waals surface area contributed by atoms with E-state index in [-0.39, 0.29) is 0 Å². The molecule has 3 aromatic heterocycles. The normalized spacial score (nSPS) is 11.2. The second-order valence-electron chi connectivity index (χ2n) is 15.2. The molecule has 0 aliphatic carbocycles. The predicted molar refractivity (Wildman–Crippen MR) is 242 cm³/mol. The molecular weight excluding hydrogens is 723 g/mol. The Kier molecular flexibility index (Phi) is 9.79. The van der Waals surface area contributed by atoms with Gasteiger partial charge in [0.05, 0.1) is 17.1 Å². The Morgan fingerprint density at radius 1 is 0.492 bits per heavy atom. The van der Waals surface area contributed by atoms with Crippen LogP contribution in [-0.2, 0) is 0 Å². The van der Waals surface area contributed by atoms with Gasteiger partial charge in [-0.15, -0.1) is 0 Å². The second-order valence-corrected chi connectivity index (χ2v) is 15.2. The van der Waals surface area contributed by atoms with Crippen LogP contribution in [0.4, 0.5) is 0 Å². The molecule has 0 saturated carbocycles. The highest BCUT2D eigenvalue weighted by atomic mass is 16.5. The van der Waals surface area contributed by atoms with E-state index in [0.29, 0.717) is 11.6 Å². The first-order chi connectivity index (χ1) is 28.7. The largest absolute Gasteiger partial charge is 0.457 e. The molecule has 0 spiro atoms. The number of benzene rings is 6. The fraction of sp³-hybridized carbons (Fsp3) is 0.0926. The average molecular weight is 766 g/mol. The molecule has 9 aromatic rings. The van der Waals surface area contributed by atoms with E-state index in [1.54, 1.807) is 6.20 Å². The Morgan fingerprint density at radius 2 is 1.05 bits per heavy atom. The lowest BCUT2D eigenvalue weighted by molar-refractivity contribution is 0.507. The number of aromatic nitrogens is 3. The number of pyridine rings is 2. The molecule has 5 heteroatoms. The highest BCUT2D eigenvalue weighted by Gasteiger charge is 2.16. The summed E-state index contributed by atoms with van der Waals surface area (Å²) in [5.74, 6) is 2.14. The van der Waals surface area contributed by atoms with Gasteiger partial charge < -0.3 is 9.15 Å². The van der Waals surface area contributed by atoms with E-state index in [4.69, 9.17) is 19.1 Å². The maximum absolute atomic E-state index is 6.29. The summed E-state index contributed by atoms with van der Waals surface area (Å²) < 4.78 is 12.5. The van der Waals surface area contributed by atoms with Gasteiger partial charge in [-0.3, -0.25) is 4.98 Å².